The molecule has 2 aromatic heterocycles. The third kappa shape index (κ3) is 4.98. The van der Waals surface area contributed by atoms with Gasteiger partial charge in [-0.25, -0.2) is 13.8 Å². The summed E-state index contributed by atoms with van der Waals surface area (Å²) in [6.45, 7) is 0. The van der Waals surface area contributed by atoms with Crippen LogP contribution in [0.4, 0.5) is 14.7 Å². The Morgan fingerprint density at radius 1 is 1.21 bits per heavy atom. The fourth-order valence-corrected chi connectivity index (χ4v) is 3.89. The summed E-state index contributed by atoms with van der Waals surface area (Å²) in [7, 11) is 1.60. The van der Waals surface area contributed by atoms with Crippen LogP contribution in [0.25, 0.3) is 11.0 Å². The van der Waals surface area contributed by atoms with Gasteiger partial charge in [0.15, 0.2) is 5.75 Å². The second-order valence-electron chi connectivity index (χ2n) is 6.34. The topological polar surface area (TPSA) is 80.0 Å². The summed E-state index contributed by atoms with van der Waals surface area (Å²) in [4.78, 5) is 20.4. The van der Waals surface area contributed by atoms with Crippen molar-refractivity contribution in [2.24, 2.45) is 7.05 Å². The minimum atomic E-state index is -0.537. The van der Waals surface area contributed by atoms with E-state index in [1.54, 1.807) is 13.2 Å². The highest BCUT2D eigenvalue weighted by atomic mass is 32.2. The van der Waals surface area contributed by atoms with Crippen molar-refractivity contribution in [3.8, 4) is 5.75 Å². The number of nitrogens with one attached hydrogen (secondary N) is 1. The van der Waals surface area contributed by atoms with Crippen LogP contribution >= 0.6 is 11.8 Å². The van der Waals surface area contributed by atoms with Crippen molar-refractivity contribution >= 4 is 28.7 Å². The number of aromatic nitrogens is 3. The summed E-state index contributed by atoms with van der Waals surface area (Å²) >= 11 is 1.96. The van der Waals surface area contributed by atoms with Crippen LogP contribution in [0, 0.1) is 11.6 Å². The van der Waals surface area contributed by atoms with E-state index in [0.717, 1.165) is 30.4 Å². The third-order valence-corrected chi connectivity index (χ3v) is 5.32. The van der Waals surface area contributed by atoms with Gasteiger partial charge in [-0.3, -0.25) is 9.36 Å². The molecule has 3 heterocycles. The van der Waals surface area contributed by atoms with E-state index >= 15 is 0 Å². The highest BCUT2D eigenvalue weighted by Gasteiger charge is 2.15. The Labute approximate surface area is 164 Å². The van der Waals surface area contributed by atoms with Gasteiger partial charge in [0.2, 0.25) is 5.95 Å². The van der Waals surface area contributed by atoms with Gasteiger partial charge >= 0.3 is 0 Å². The van der Waals surface area contributed by atoms with E-state index in [2.05, 4.69) is 15.3 Å². The van der Waals surface area contributed by atoms with Gasteiger partial charge in [0.05, 0.1) is 0 Å². The average molecular weight is 406 g/mol. The first-order valence-electron chi connectivity index (χ1n) is 8.75. The number of aryl methyl sites for hydroxylation is 1. The van der Waals surface area contributed by atoms with E-state index in [1.807, 2.05) is 11.8 Å². The first kappa shape index (κ1) is 20.1. The second kappa shape index (κ2) is 9.01. The lowest BCUT2D eigenvalue weighted by molar-refractivity contribution is 0.463. The number of thioether (sulfide) groups is 1. The number of pyridine rings is 1. The number of fused-ring (bicyclic) bond motifs is 1. The van der Waals surface area contributed by atoms with Crippen LogP contribution in [-0.2, 0) is 7.05 Å². The largest absolute Gasteiger partial charge is 0.503 e. The molecule has 0 saturated carbocycles. The summed E-state index contributed by atoms with van der Waals surface area (Å²) in [5.74, 6) is 1.48. The van der Waals surface area contributed by atoms with Crippen LogP contribution in [0.2, 0.25) is 0 Å². The fraction of sp³-hybridized carbons (Fsp3) is 0.316. The molecule has 0 atom stereocenters. The monoisotopic (exact) mass is 406 g/mol. The lowest BCUT2D eigenvalue weighted by Gasteiger charge is -2.22. The molecular formula is C19H20F2N4O2S. The molecular weight excluding hydrogens is 386 g/mol. The van der Waals surface area contributed by atoms with E-state index in [0.29, 0.717) is 23.0 Å². The molecule has 0 amide bonds. The molecule has 0 unspecified atom stereocenters. The Balaban J connectivity index is 0.000000236. The van der Waals surface area contributed by atoms with E-state index in [1.165, 1.54) is 28.8 Å². The molecule has 1 aliphatic heterocycles. The molecule has 9 heteroatoms. The van der Waals surface area contributed by atoms with Crippen molar-refractivity contribution in [2.75, 3.05) is 16.8 Å². The molecule has 4 rings (SSSR count). The summed E-state index contributed by atoms with van der Waals surface area (Å²) < 4.78 is 25.2. The Kier molecular flexibility index (Phi) is 6.45. The van der Waals surface area contributed by atoms with Crippen molar-refractivity contribution in [3.63, 3.8) is 0 Å². The van der Waals surface area contributed by atoms with E-state index in [-0.39, 0.29) is 5.75 Å². The third-order valence-electron chi connectivity index (χ3n) is 4.27. The molecule has 0 radical (unpaired) electrons. The fourth-order valence-electron chi connectivity index (χ4n) is 2.78. The quantitative estimate of drug-likeness (QED) is 0.680. The predicted molar refractivity (Wildman–Crippen MR) is 107 cm³/mol. The maximum Gasteiger partial charge on any atom is 0.294 e. The van der Waals surface area contributed by atoms with Crippen LogP contribution in [0.15, 0.2) is 41.3 Å². The molecule has 0 bridgehead atoms. The number of hydrogen-bond donors (Lipinski definition) is 2. The maximum atomic E-state index is 11.9. The van der Waals surface area contributed by atoms with Gasteiger partial charge in [0.1, 0.15) is 17.3 Å². The van der Waals surface area contributed by atoms with Gasteiger partial charge in [-0.2, -0.15) is 16.7 Å². The molecule has 2 N–H and O–H groups in total. The zero-order chi connectivity index (χ0) is 20.1. The van der Waals surface area contributed by atoms with E-state index < -0.39 is 17.2 Å². The molecule has 148 valence electrons. The first-order chi connectivity index (χ1) is 13.4. The average Bonchev–Trinajstić information content (AvgIpc) is 2.68. The zero-order valence-electron chi connectivity index (χ0n) is 15.2. The van der Waals surface area contributed by atoms with Crippen molar-refractivity contribution in [1.29, 1.82) is 0 Å². The first-order valence-corrected chi connectivity index (χ1v) is 9.90. The standard InChI is InChI=1S/C13H16N4O2S.C6H4F2/c1-17-11-8(6-10(18)12(17)19)7-14-13(16-11)15-9-2-4-20-5-3-9;7-5-2-1-3-6(8)4-5/h6-7,9,18H,2-5H2,1H3,(H,14,15,16);1-4H. The van der Waals surface area contributed by atoms with Gasteiger partial charge in [-0.1, -0.05) is 6.07 Å². The van der Waals surface area contributed by atoms with E-state index in [4.69, 9.17) is 0 Å². The Morgan fingerprint density at radius 3 is 2.50 bits per heavy atom. The molecule has 1 aliphatic rings. The number of aromatic hydroxyl groups is 1. The summed E-state index contributed by atoms with van der Waals surface area (Å²) in [5.41, 5.74) is 0.0756. The number of anilines is 1. The van der Waals surface area contributed by atoms with Gasteiger partial charge in [0.25, 0.3) is 5.56 Å². The second-order valence-corrected chi connectivity index (χ2v) is 7.56. The highest BCUT2D eigenvalue weighted by molar-refractivity contribution is 7.99. The Morgan fingerprint density at radius 2 is 1.89 bits per heavy atom. The number of hydrogen-bond acceptors (Lipinski definition) is 6. The lowest BCUT2D eigenvalue weighted by Crippen LogP contribution is -2.26. The smallest absolute Gasteiger partial charge is 0.294 e. The van der Waals surface area contributed by atoms with Gasteiger partial charge < -0.3 is 10.4 Å². The van der Waals surface area contributed by atoms with Crippen LogP contribution in [0.1, 0.15) is 12.8 Å². The minimum Gasteiger partial charge on any atom is -0.503 e. The number of rotatable bonds is 2. The van der Waals surface area contributed by atoms with Crippen molar-refractivity contribution in [2.45, 2.75) is 18.9 Å². The van der Waals surface area contributed by atoms with Gasteiger partial charge in [0, 0.05) is 30.7 Å². The van der Waals surface area contributed by atoms with E-state index in [9.17, 15) is 18.7 Å². The molecule has 28 heavy (non-hydrogen) atoms. The zero-order valence-corrected chi connectivity index (χ0v) is 16.0. The van der Waals surface area contributed by atoms with Gasteiger partial charge in [-0.15, -0.1) is 0 Å². The van der Waals surface area contributed by atoms with Crippen molar-refractivity contribution in [3.05, 3.63) is 58.5 Å². The molecule has 1 saturated heterocycles. The number of halogens is 2. The SMILES string of the molecule is Cn1c(=O)c(O)cc2cnc(NC3CCSCC3)nc21.Fc1cccc(F)c1. The summed E-state index contributed by atoms with van der Waals surface area (Å²) in [6, 6.07) is 6.35. The molecule has 1 aromatic carbocycles. The molecule has 3 aromatic rings. The van der Waals surface area contributed by atoms with Crippen molar-refractivity contribution < 1.29 is 13.9 Å². The Hall–Kier alpha value is -2.68. The van der Waals surface area contributed by atoms with Crippen LogP contribution < -0.4 is 10.9 Å². The van der Waals surface area contributed by atoms with Crippen LogP contribution in [0.3, 0.4) is 0 Å². The predicted octanol–water partition coefficient (Wildman–Crippen LogP) is 3.31. The lowest BCUT2D eigenvalue weighted by atomic mass is 10.2. The summed E-state index contributed by atoms with van der Waals surface area (Å²) in [6.07, 6.45) is 3.82. The summed E-state index contributed by atoms with van der Waals surface area (Å²) in [5, 5.41) is 13.5. The number of benzene rings is 1. The molecule has 1 fully saturated rings. The van der Waals surface area contributed by atoms with Crippen LogP contribution in [-0.4, -0.2) is 37.2 Å². The van der Waals surface area contributed by atoms with Crippen LogP contribution in [0.5, 0.6) is 5.75 Å². The minimum absolute atomic E-state index is 0.284. The molecule has 6 nitrogen and oxygen atoms in total. The Bertz CT molecular complexity index is 1010. The highest BCUT2D eigenvalue weighted by Crippen LogP contribution is 2.20. The number of nitrogens with zero attached hydrogens (tertiary/aromatic N) is 3. The van der Waals surface area contributed by atoms with Gasteiger partial charge in [-0.05, 0) is 42.5 Å². The normalized spacial score (nSPS) is 14.4. The van der Waals surface area contributed by atoms with Crippen molar-refractivity contribution in [1.82, 2.24) is 14.5 Å². The maximum absolute atomic E-state index is 11.9. The molecule has 0 aliphatic carbocycles. The molecule has 0 spiro atoms.